The van der Waals surface area contributed by atoms with Crippen LogP contribution in [0.3, 0.4) is 0 Å². The summed E-state index contributed by atoms with van der Waals surface area (Å²) < 4.78 is 55.4. The molecule has 10 heteroatoms. The highest BCUT2D eigenvalue weighted by atomic mass is 32.2. The lowest BCUT2D eigenvalue weighted by Crippen LogP contribution is -2.32. The molecule has 1 amide bonds. The van der Waals surface area contributed by atoms with Crippen LogP contribution in [0.25, 0.3) is 0 Å². The van der Waals surface area contributed by atoms with Gasteiger partial charge in [0.2, 0.25) is 20.0 Å². The molecule has 0 unspecified atom stereocenters. The van der Waals surface area contributed by atoms with Crippen LogP contribution >= 0.6 is 0 Å². The number of anilines is 1. The topological polar surface area (TPSA) is 104 Å². The summed E-state index contributed by atoms with van der Waals surface area (Å²) in [6.45, 7) is 3.79. The molecule has 0 bridgehead atoms. The van der Waals surface area contributed by atoms with Crippen molar-refractivity contribution in [1.82, 2.24) is 8.61 Å². The third-order valence-corrected chi connectivity index (χ3v) is 10.8. The Balaban J connectivity index is 1.50. The number of hydrogen-bond acceptors (Lipinski definition) is 5. The van der Waals surface area contributed by atoms with Crippen LogP contribution in [0.15, 0.2) is 52.3 Å². The maximum absolute atomic E-state index is 13.2. The van der Waals surface area contributed by atoms with E-state index in [0.29, 0.717) is 37.4 Å². The predicted octanol–water partition coefficient (Wildman–Crippen LogP) is 4.38. The number of benzene rings is 2. The molecule has 0 spiro atoms. The van der Waals surface area contributed by atoms with E-state index in [4.69, 9.17) is 0 Å². The van der Waals surface area contributed by atoms with Gasteiger partial charge in [-0.1, -0.05) is 31.7 Å². The normalized spacial score (nSPS) is 18.8. The second-order valence-electron chi connectivity index (χ2n) is 9.59. The predicted molar refractivity (Wildman–Crippen MR) is 140 cm³/mol. The quantitative estimate of drug-likeness (QED) is 0.594. The van der Waals surface area contributed by atoms with E-state index >= 15 is 0 Å². The van der Waals surface area contributed by atoms with E-state index in [2.05, 4.69) is 5.32 Å². The Morgan fingerprint density at radius 2 is 1.11 bits per heavy atom. The first-order valence-electron chi connectivity index (χ1n) is 12.7. The lowest BCUT2D eigenvalue weighted by molar-refractivity contribution is 0.102. The fourth-order valence-electron chi connectivity index (χ4n) is 4.78. The molecule has 0 atom stereocenters. The molecule has 2 saturated heterocycles. The number of rotatable bonds is 6. The number of amides is 1. The highest BCUT2D eigenvalue weighted by molar-refractivity contribution is 7.89. The molecule has 2 aromatic rings. The highest BCUT2D eigenvalue weighted by Gasteiger charge is 2.27. The summed E-state index contributed by atoms with van der Waals surface area (Å²) in [5.41, 5.74) is 1.37. The number of carbonyl (C=O) groups is 1. The van der Waals surface area contributed by atoms with Gasteiger partial charge in [-0.25, -0.2) is 16.8 Å². The Bertz CT molecular complexity index is 1280. The molecule has 0 radical (unpaired) electrons. The minimum atomic E-state index is -3.68. The summed E-state index contributed by atoms with van der Waals surface area (Å²) in [4.78, 5) is 13.4. The Kier molecular flexibility index (Phi) is 8.49. The first kappa shape index (κ1) is 26.8. The van der Waals surface area contributed by atoms with E-state index in [0.717, 1.165) is 51.4 Å². The summed E-state index contributed by atoms with van der Waals surface area (Å²) in [6, 6.07) is 10.8. The van der Waals surface area contributed by atoms with E-state index in [-0.39, 0.29) is 15.4 Å². The number of aryl methyl sites for hydroxylation is 1. The van der Waals surface area contributed by atoms with E-state index in [1.54, 1.807) is 31.2 Å². The largest absolute Gasteiger partial charge is 0.322 e. The first-order chi connectivity index (χ1) is 17.2. The average molecular weight is 534 g/mol. The van der Waals surface area contributed by atoms with Crippen LogP contribution < -0.4 is 5.32 Å². The second kappa shape index (κ2) is 11.4. The van der Waals surface area contributed by atoms with Gasteiger partial charge < -0.3 is 5.32 Å². The van der Waals surface area contributed by atoms with Gasteiger partial charge in [-0.05, 0) is 74.6 Å². The van der Waals surface area contributed by atoms with Gasteiger partial charge in [0.15, 0.2) is 0 Å². The molecular weight excluding hydrogens is 498 g/mol. The zero-order valence-corrected chi connectivity index (χ0v) is 22.4. The summed E-state index contributed by atoms with van der Waals surface area (Å²) >= 11 is 0. The minimum Gasteiger partial charge on any atom is -0.322 e. The van der Waals surface area contributed by atoms with Crippen molar-refractivity contribution in [3.63, 3.8) is 0 Å². The molecule has 0 saturated carbocycles. The van der Waals surface area contributed by atoms with Crippen molar-refractivity contribution in [2.75, 3.05) is 31.5 Å². The van der Waals surface area contributed by atoms with Crippen molar-refractivity contribution in [2.45, 2.75) is 68.1 Å². The standard InChI is InChI=1S/C26H35N3O5S2/c1-21-10-13-24(36(33,34)29-18-8-4-5-9-19-29)20-25(21)26(30)27-22-11-14-23(15-12-22)35(31,32)28-16-6-2-3-7-17-28/h10-15,20H,2-9,16-19H2,1H3,(H,27,30). The van der Waals surface area contributed by atoms with Crippen molar-refractivity contribution in [1.29, 1.82) is 0 Å². The molecule has 2 aliphatic heterocycles. The lowest BCUT2D eigenvalue weighted by atomic mass is 10.1. The number of sulfonamides is 2. The number of nitrogens with zero attached hydrogens (tertiary/aromatic N) is 2. The first-order valence-corrected chi connectivity index (χ1v) is 15.6. The maximum Gasteiger partial charge on any atom is 0.255 e. The number of hydrogen-bond donors (Lipinski definition) is 1. The van der Waals surface area contributed by atoms with Crippen LogP contribution in [0.1, 0.15) is 67.3 Å². The minimum absolute atomic E-state index is 0.110. The van der Waals surface area contributed by atoms with Gasteiger partial charge in [0.05, 0.1) is 9.79 Å². The molecule has 2 fully saturated rings. The van der Waals surface area contributed by atoms with Crippen molar-refractivity contribution < 1.29 is 21.6 Å². The Morgan fingerprint density at radius 1 is 0.667 bits per heavy atom. The summed E-state index contributed by atoms with van der Waals surface area (Å²) in [6.07, 6.45) is 7.51. The Hall–Kier alpha value is -2.27. The fourth-order valence-corrected chi connectivity index (χ4v) is 7.84. The molecule has 196 valence electrons. The molecule has 2 heterocycles. The molecule has 1 N–H and O–H groups in total. The van der Waals surface area contributed by atoms with Crippen LogP contribution in [0, 0.1) is 6.92 Å². The molecule has 2 aromatic carbocycles. The summed E-state index contributed by atoms with van der Waals surface area (Å²) in [5.74, 6) is -0.441. The fraction of sp³-hybridized carbons (Fsp3) is 0.500. The Morgan fingerprint density at radius 3 is 1.61 bits per heavy atom. The summed E-state index contributed by atoms with van der Waals surface area (Å²) in [5, 5.41) is 2.78. The molecule has 8 nitrogen and oxygen atoms in total. The van der Waals surface area contributed by atoms with Gasteiger partial charge in [-0.15, -0.1) is 0 Å². The molecule has 4 rings (SSSR count). The smallest absolute Gasteiger partial charge is 0.255 e. The molecular formula is C26H35N3O5S2. The molecule has 0 aliphatic carbocycles. The van der Waals surface area contributed by atoms with Crippen molar-refractivity contribution in [2.24, 2.45) is 0 Å². The van der Waals surface area contributed by atoms with Crippen LogP contribution in [0.2, 0.25) is 0 Å². The Labute approximate surface area is 214 Å². The van der Waals surface area contributed by atoms with Crippen LogP contribution in [0.4, 0.5) is 5.69 Å². The zero-order chi connectivity index (χ0) is 25.8. The van der Waals surface area contributed by atoms with E-state index in [9.17, 15) is 21.6 Å². The zero-order valence-electron chi connectivity index (χ0n) is 20.8. The summed E-state index contributed by atoms with van der Waals surface area (Å²) in [7, 11) is -7.26. The van der Waals surface area contributed by atoms with Gasteiger partial charge in [0.25, 0.3) is 5.91 Å². The van der Waals surface area contributed by atoms with Crippen molar-refractivity contribution >= 4 is 31.6 Å². The average Bonchev–Trinajstić information content (AvgIpc) is 3.31. The lowest BCUT2D eigenvalue weighted by Gasteiger charge is -2.21. The third kappa shape index (κ3) is 5.99. The van der Waals surface area contributed by atoms with Gasteiger partial charge >= 0.3 is 0 Å². The monoisotopic (exact) mass is 533 g/mol. The molecule has 36 heavy (non-hydrogen) atoms. The van der Waals surface area contributed by atoms with Crippen LogP contribution in [-0.4, -0.2) is 57.5 Å². The van der Waals surface area contributed by atoms with Gasteiger partial charge in [0, 0.05) is 37.4 Å². The van der Waals surface area contributed by atoms with Gasteiger partial charge in [0.1, 0.15) is 0 Å². The van der Waals surface area contributed by atoms with Crippen molar-refractivity contribution in [3.8, 4) is 0 Å². The second-order valence-corrected chi connectivity index (χ2v) is 13.5. The van der Waals surface area contributed by atoms with E-state index < -0.39 is 26.0 Å². The van der Waals surface area contributed by atoms with Gasteiger partial charge in [-0.3, -0.25) is 4.79 Å². The molecule has 2 aliphatic rings. The van der Waals surface area contributed by atoms with E-state index in [1.807, 2.05) is 0 Å². The highest BCUT2D eigenvalue weighted by Crippen LogP contribution is 2.25. The number of carbonyl (C=O) groups excluding carboxylic acids is 1. The number of nitrogens with one attached hydrogen (secondary N) is 1. The van der Waals surface area contributed by atoms with Crippen molar-refractivity contribution in [3.05, 3.63) is 53.6 Å². The SMILES string of the molecule is Cc1ccc(S(=O)(=O)N2CCCCCC2)cc1C(=O)Nc1ccc(S(=O)(=O)N2CCCCCC2)cc1. The molecule has 0 aromatic heterocycles. The van der Waals surface area contributed by atoms with Crippen LogP contribution in [-0.2, 0) is 20.0 Å². The van der Waals surface area contributed by atoms with Gasteiger partial charge in [-0.2, -0.15) is 8.61 Å². The maximum atomic E-state index is 13.2. The van der Waals surface area contributed by atoms with Crippen LogP contribution in [0.5, 0.6) is 0 Å². The van der Waals surface area contributed by atoms with E-state index in [1.165, 1.54) is 26.8 Å². The third-order valence-electron chi connectivity index (χ3n) is 6.97.